The van der Waals surface area contributed by atoms with E-state index in [9.17, 15) is 18.0 Å². The van der Waals surface area contributed by atoms with E-state index >= 15 is 0 Å². The van der Waals surface area contributed by atoms with E-state index in [1.165, 1.54) is 31.2 Å². The molecule has 9 nitrogen and oxygen atoms in total. The summed E-state index contributed by atoms with van der Waals surface area (Å²) in [7, 11) is 0.301. The molecule has 1 N–H and O–H groups in total. The van der Waals surface area contributed by atoms with Crippen molar-refractivity contribution in [3.63, 3.8) is 0 Å². The first kappa shape index (κ1) is 28.5. The molecule has 0 bridgehead atoms. The first-order chi connectivity index (χ1) is 18.1. The smallest absolute Gasteiger partial charge is 0.264 e. The standard InChI is InChI=1S/C28H33N3O6S/c1-20-11-16-26(37-5)25(17-20)31(38(34,35)24-9-7-6-8-10-24)19-27(32)30(21(2)28(33)29-3)18-22-12-14-23(36-4)15-13-22/h6-17,21H,18-19H2,1-5H3,(H,29,33)/t21-/m0/s1. The molecule has 10 heteroatoms. The molecule has 0 radical (unpaired) electrons. The fourth-order valence-electron chi connectivity index (χ4n) is 3.95. The fourth-order valence-corrected chi connectivity index (χ4v) is 5.38. The average Bonchev–Trinajstić information content (AvgIpc) is 2.94. The molecule has 0 aliphatic heterocycles. The third kappa shape index (κ3) is 6.44. The second kappa shape index (κ2) is 12.5. The monoisotopic (exact) mass is 539 g/mol. The van der Waals surface area contributed by atoms with Gasteiger partial charge in [0.25, 0.3) is 10.0 Å². The lowest BCUT2D eigenvalue weighted by atomic mass is 10.1. The zero-order valence-electron chi connectivity index (χ0n) is 22.2. The zero-order chi connectivity index (χ0) is 27.9. The molecule has 0 fully saturated rings. The topological polar surface area (TPSA) is 105 Å². The highest BCUT2D eigenvalue weighted by Crippen LogP contribution is 2.33. The van der Waals surface area contributed by atoms with Crippen molar-refractivity contribution in [2.24, 2.45) is 0 Å². The van der Waals surface area contributed by atoms with Gasteiger partial charge in [0.2, 0.25) is 11.8 Å². The Labute approximate surface area is 224 Å². The molecule has 0 saturated heterocycles. The van der Waals surface area contributed by atoms with E-state index in [2.05, 4.69) is 5.32 Å². The van der Waals surface area contributed by atoms with Crippen molar-refractivity contribution < 1.29 is 27.5 Å². The van der Waals surface area contributed by atoms with Gasteiger partial charge in [-0.3, -0.25) is 13.9 Å². The molecule has 0 saturated carbocycles. The van der Waals surface area contributed by atoms with E-state index < -0.39 is 28.5 Å². The van der Waals surface area contributed by atoms with E-state index in [1.807, 2.05) is 6.92 Å². The molecule has 0 aliphatic rings. The number of methoxy groups -OCH3 is 2. The van der Waals surface area contributed by atoms with Crippen LogP contribution in [0.4, 0.5) is 5.69 Å². The number of carbonyl (C=O) groups excluding carboxylic acids is 2. The van der Waals surface area contributed by atoms with Gasteiger partial charge in [0.15, 0.2) is 0 Å². The van der Waals surface area contributed by atoms with Crippen molar-refractivity contribution in [1.82, 2.24) is 10.2 Å². The molecule has 202 valence electrons. The second-order valence-electron chi connectivity index (χ2n) is 8.66. The minimum atomic E-state index is -4.18. The van der Waals surface area contributed by atoms with Crippen LogP contribution in [0.3, 0.4) is 0 Å². The lowest BCUT2D eigenvalue weighted by Crippen LogP contribution is -2.50. The molecule has 0 heterocycles. The molecule has 38 heavy (non-hydrogen) atoms. The van der Waals surface area contributed by atoms with Gasteiger partial charge in [0, 0.05) is 13.6 Å². The molecule has 2 amide bonds. The van der Waals surface area contributed by atoms with Crippen LogP contribution in [0.25, 0.3) is 0 Å². The van der Waals surface area contributed by atoms with Crippen LogP contribution in [-0.4, -0.2) is 59.0 Å². The molecule has 0 spiro atoms. The average molecular weight is 540 g/mol. The van der Waals surface area contributed by atoms with Crippen LogP contribution in [-0.2, 0) is 26.2 Å². The van der Waals surface area contributed by atoms with Crippen molar-refractivity contribution in [1.29, 1.82) is 0 Å². The Kier molecular flexibility index (Phi) is 9.35. The Hall–Kier alpha value is -4.05. The number of sulfonamides is 1. The van der Waals surface area contributed by atoms with Crippen LogP contribution in [0.15, 0.2) is 77.7 Å². The number of anilines is 1. The number of nitrogens with one attached hydrogen (secondary N) is 1. The van der Waals surface area contributed by atoms with Crippen LogP contribution < -0.4 is 19.1 Å². The Morgan fingerprint density at radius 3 is 2.18 bits per heavy atom. The summed E-state index contributed by atoms with van der Waals surface area (Å²) in [6, 6.07) is 19.2. The number of likely N-dealkylation sites (N-methyl/N-ethyl adjacent to an activating group) is 1. The summed E-state index contributed by atoms with van der Waals surface area (Å²) in [5, 5.41) is 2.57. The molecule has 3 aromatic carbocycles. The van der Waals surface area contributed by atoms with Crippen LogP contribution in [0.5, 0.6) is 11.5 Å². The summed E-state index contributed by atoms with van der Waals surface area (Å²) in [6.07, 6.45) is 0. The van der Waals surface area contributed by atoms with Gasteiger partial charge in [-0.25, -0.2) is 8.42 Å². The van der Waals surface area contributed by atoms with Crippen LogP contribution in [0, 0.1) is 6.92 Å². The van der Waals surface area contributed by atoms with Crippen LogP contribution in [0.1, 0.15) is 18.1 Å². The highest BCUT2D eigenvalue weighted by molar-refractivity contribution is 7.92. The van der Waals surface area contributed by atoms with Crippen molar-refractivity contribution in [3.05, 3.63) is 83.9 Å². The lowest BCUT2D eigenvalue weighted by Gasteiger charge is -2.32. The van der Waals surface area contributed by atoms with Gasteiger partial charge in [0.1, 0.15) is 24.1 Å². The lowest BCUT2D eigenvalue weighted by molar-refractivity contribution is -0.139. The molecular formula is C28H33N3O6S. The quantitative estimate of drug-likeness (QED) is 0.401. The molecule has 1 atom stereocenters. The molecule has 3 aromatic rings. The summed E-state index contributed by atoms with van der Waals surface area (Å²) >= 11 is 0. The highest BCUT2D eigenvalue weighted by atomic mass is 32.2. The van der Waals surface area contributed by atoms with E-state index in [1.54, 1.807) is 74.7 Å². The number of carbonyl (C=O) groups is 2. The molecule has 0 aromatic heterocycles. The van der Waals surface area contributed by atoms with Gasteiger partial charge in [-0.15, -0.1) is 0 Å². The number of rotatable bonds is 11. The first-order valence-electron chi connectivity index (χ1n) is 12.0. The number of amides is 2. The van der Waals surface area contributed by atoms with Gasteiger partial charge in [-0.2, -0.15) is 0 Å². The zero-order valence-corrected chi connectivity index (χ0v) is 23.0. The van der Waals surface area contributed by atoms with Crippen molar-refractivity contribution in [3.8, 4) is 11.5 Å². The van der Waals surface area contributed by atoms with Crippen molar-refractivity contribution in [2.45, 2.75) is 31.3 Å². The van der Waals surface area contributed by atoms with E-state index in [0.29, 0.717) is 11.5 Å². The Morgan fingerprint density at radius 1 is 0.947 bits per heavy atom. The largest absolute Gasteiger partial charge is 0.497 e. The minimum Gasteiger partial charge on any atom is -0.497 e. The Bertz CT molecular complexity index is 1360. The van der Waals surface area contributed by atoms with Crippen molar-refractivity contribution >= 4 is 27.5 Å². The molecule has 3 rings (SSSR count). The molecular weight excluding hydrogens is 506 g/mol. The third-order valence-corrected chi connectivity index (χ3v) is 7.91. The van der Waals surface area contributed by atoms with E-state index in [4.69, 9.17) is 9.47 Å². The highest BCUT2D eigenvalue weighted by Gasteiger charge is 2.33. The number of hydrogen-bond donors (Lipinski definition) is 1. The second-order valence-corrected chi connectivity index (χ2v) is 10.5. The van der Waals surface area contributed by atoms with Gasteiger partial charge >= 0.3 is 0 Å². The number of hydrogen-bond acceptors (Lipinski definition) is 6. The summed E-state index contributed by atoms with van der Waals surface area (Å²) < 4.78 is 39.4. The van der Waals surface area contributed by atoms with E-state index in [0.717, 1.165) is 15.4 Å². The van der Waals surface area contributed by atoms with E-state index in [-0.39, 0.29) is 23.0 Å². The van der Waals surface area contributed by atoms with Gasteiger partial charge in [-0.05, 0) is 61.4 Å². The van der Waals surface area contributed by atoms with Crippen LogP contribution >= 0.6 is 0 Å². The maximum Gasteiger partial charge on any atom is 0.264 e. The Morgan fingerprint density at radius 2 is 1.61 bits per heavy atom. The summed E-state index contributed by atoms with van der Waals surface area (Å²) in [5.41, 5.74) is 1.76. The van der Waals surface area contributed by atoms with Crippen molar-refractivity contribution in [2.75, 3.05) is 32.1 Å². The SMILES string of the molecule is CNC(=O)[C@H](C)N(Cc1ccc(OC)cc1)C(=O)CN(c1cc(C)ccc1OC)S(=O)(=O)c1ccccc1. The number of aryl methyl sites for hydroxylation is 1. The number of ether oxygens (including phenoxy) is 2. The fraction of sp³-hybridized carbons (Fsp3) is 0.286. The molecule has 0 aliphatic carbocycles. The van der Waals surface area contributed by atoms with Gasteiger partial charge in [-0.1, -0.05) is 36.4 Å². The van der Waals surface area contributed by atoms with Gasteiger partial charge < -0.3 is 19.7 Å². The third-order valence-electron chi connectivity index (χ3n) is 6.14. The predicted molar refractivity (Wildman–Crippen MR) is 146 cm³/mol. The summed E-state index contributed by atoms with van der Waals surface area (Å²) in [4.78, 5) is 27.8. The maximum absolute atomic E-state index is 13.9. The minimum absolute atomic E-state index is 0.0254. The number of nitrogens with zero attached hydrogens (tertiary/aromatic N) is 2. The molecule has 0 unspecified atom stereocenters. The maximum atomic E-state index is 13.9. The normalized spacial score (nSPS) is 11.8. The summed E-state index contributed by atoms with van der Waals surface area (Å²) in [6.45, 7) is 2.96. The number of benzene rings is 3. The predicted octanol–water partition coefficient (Wildman–Crippen LogP) is 3.37. The first-order valence-corrected chi connectivity index (χ1v) is 13.4. The van der Waals surface area contributed by atoms with Gasteiger partial charge in [0.05, 0.1) is 24.8 Å². The Balaban J connectivity index is 2.07. The summed E-state index contributed by atoms with van der Waals surface area (Å²) in [5.74, 6) is 0.0130. The van der Waals surface area contributed by atoms with Crippen LogP contribution in [0.2, 0.25) is 0 Å².